The minimum atomic E-state index is -4.60. The van der Waals surface area contributed by atoms with Crippen LogP contribution in [0.5, 0.6) is 0 Å². The summed E-state index contributed by atoms with van der Waals surface area (Å²) < 4.78 is 63.9. The molecule has 4 nitrogen and oxygen atoms in total. The number of rotatable bonds is 3. The van der Waals surface area contributed by atoms with Crippen molar-refractivity contribution in [1.82, 2.24) is 4.98 Å². The molecule has 0 fully saturated rings. The molecule has 0 atom stereocenters. The smallest absolute Gasteiger partial charge is 0.277 e. The molecule has 2 rings (SSSR count). The van der Waals surface area contributed by atoms with Crippen LogP contribution in [-0.4, -0.2) is 13.4 Å². The van der Waals surface area contributed by atoms with E-state index in [4.69, 9.17) is 11.6 Å². The predicted octanol–water partition coefficient (Wildman–Crippen LogP) is 3.55. The van der Waals surface area contributed by atoms with Gasteiger partial charge in [0.1, 0.15) is 0 Å². The third-order valence-corrected chi connectivity index (χ3v) is 4.06. The van der Waals surface area contributed by atoms with Crippen LogP contribution in [0.15, 0.2) is 47.6 Å². The molecule has 1 N–H and O–H groups in total. The summed E-state index contributed by atoms with van der Waals surface area (Å²) in [5.74, 6) is 0. The topological polar surface area (TPSA) is 59.1 Å². The summed E-state index contributed by atoms with van der Waals surface area (Å²) in [6.45, 7) is 0. The van der Waals surface area contributed by atoms with Crippen LogP contribution in [0.25, 0.3) is 0 Å². The predicted molar refractivity (Wildman–Crippen MR) is 71.5 cm³/mol. The summed E-state index contributed by atoms with van der Waals surface area (Å²) in [6, 6.07) is 6.53. The fraction of sp³-hybridized carbons (Fsp3) is 0.0833. The van der Waals surface area contributed by atoms with Gasteiger partial charge >= 0.3 is 6.18 Å². The zero-order valence-electron chi connectivity index (χ0n) is 10.2. The maximum absolute atomic E-state index is 12.6. The average molecular weight is 337 g/mol. The zero-order chi connectivity index (χ0) is 15.7. The van der Waals surface area contributed by atoms with Crippen LogP contribution in [-0.2, 0) is 16.2 Å². The standard InChI is InChI=1S/C12H8ClF3N2O2S/c13-9-5-4-8(12(14,15)16)7-10(9)18-21(19,20)11-3-1-2-6-17-11/h1-7,18H. The van der Waals surface area contributed by atoms with Gasteiger partial charge in [-0.1, -0.05) is 17.7 Å². The molecule has 0 bridgehead atoms. The number of aromatic nitrogens is 1. The van der Waals surface area contributed by atoms with Crippen LogP contribution in [0.1, 0.15) is 5.56 Å². The van der Waals surface area contributed by atoms with E-state index in [1.807, 2.05) is 4.72 Å². The van der Waals surface area contributed by atoms with Gasteiger partial charge in [-0.05, 0) is 30.3 Å². The van der Waals surface area contributed by atoms with Gasteiger partial charge in [0.15, 0.2) is 5.03 Å². The number of hydrogen-bond acceptors (Lipinski definition) is 3. The van der Waals surface area contributed by atoms with Crippen LogP contribution >= 0.6 is 11.6 Å². The number of hydrogen-bond donors (Lipinski definition) is 1. The van der Waals surface area contributed by atoms with Crippen molar-refractivity contribution in [3.05, 3.63) is 53.2 Å². The van der Waals surface area contributed by atoms with E-state index in [9.17, 15) is 21.6 Å². The van der Waals surface area contributed by atoms with Crippen LogP contribution in [0.4, 0.5) is 18.9 Å². The average Bonchev–Trinajstić information content (AvgIpc) is 2.41. The SMILES string of the molecule is O=S(=O)(Nc1cc(C(F)(F)F)ccc1Cl)c1ccccn1. The minimum absolute atomic E-state index is 0.150. The number of anilines is 1. The van der Waals surface area contributed by atoms with E-state index in [2.05, 4.69) is 4.98 Å². The number of benzene rings is 1. The van der Waals surface area contributed by atoms with Crippen molar-refractivity contribution in [2.45, 2.75) is 11.2 Å². The Morgan fingerprint density at radius 3 is 2.43 bits per heavy atom. The number of nitrogens with zero attached hydrogens (tertiary/aromatic N) is 1. The van der Waals surface area contributed by atoms with Gasteiger partial charge in [-0.3, -0.25) is 4.72 Å². The molecule has 21 heavy (non-hydrogen) atoms. The van der Waals surface area contributed by atoms with Crippen molar-refractivity contribution in [2.24, 2.45) is 0 Å². The lowest BCUT2D eigenvalue weighted by Crippen LogP contribution is -2.15. The molecule has 0 radical (unpaired) electrons. The third kappa shape index (κ3) is 3.64. The second-order valence-corrected chi connectivity index (χ2v) is 6.00. The normalized spacial score (nSPS) is 12.2. The maximum Gasteiger partial charge on any atom is 0.416 e. The fourth-order valence-electron chi connectivity index (χ4n) is 1.48. The van der Waals surface area contributed by atoms with Crippen molar-refractivity contribution < 1.29 is 21.6 Å². The van der Waals surface area contributed by atoms with E-state index in [1.165, 1.54) is 24.4 Å². The largest absolute Gasteiger partial charge is 0.416 e. The molecular formula is C12H8ClF3N2O2S. The molecule has 0 amide bonds. The Bertz CT molecular complexity index is 749. The monoisotopic (exact) mass is 336 g/mol. The lowest BCUT2D eigenvalue weighted by Gasteiger charge is -2.12. The highest BCUT2D eigenvalue weighted by Gasteiger charge is 2.31. The number of alkyl halides is 3. The van der Waals surface area contributed by atoms with Gasteiger partial charge in [-0.25, -0.2) is 4.98 Å². The van der Waals surface area contributed by atoms with Gasteiger partial charge in [-0.15, -0.1) is 0 Å². The first-order chi connectivity index (χ1) is 9.70. The quantitative estimate of drug-likeness (QED) is 0.932. The molecule has 0 unspecified atom stereocenters. The number of halogens is 4. The van der Waals surface area contributed by atoms with Gasteiger partial charge < -0.3 is 0 Å². The summed E-state index contributed by atoms with van der Waals surface area (Å²) in [7, 11) is -4.11. The highest BCUT2D eigenvalue weighted by Crippen LogP contribution is 2.34. The number of sulfonamides is 1. The molecule has 2 aromatic rings. The lowest BCUT2D eigenvalue weighted by molar-refractivity contribution is -0.137. The van der Waals surface area contributed by atoms with Crippen LogP contribution in [0.2, 0.25) is 5.02 Å². The molecule has 0 aliphatic carbocycles. The van der Waals surface area contributed by atoms with Crippen molar-refractivity contribution in [1.29, 1.82) is 0 Å². The summed E-state index contributed by atoms with van der Waals surface area (Å²) in [5, 5.41) is -0.471. The van der Waals surface area contributed by atoms with E-state index in [-0.39, 0.29) is 15.7 Å². The van der Waals surface area contributed by atoms with Crippen molar-refractivity contribution in [2.75, 3.05) is 4.72 Å². The Morgan fingerprint density at radius 2 is 1.86 bits per heavy atom. The Morgan fingerprint density at radius 1 is 1.14 bits per heavy atom. The van der Waals surface area contributed by atoms with E-state index in [0.717, 1.165) is 12.1 Å². The Hall–Kier alpha value is -1.80. The number of nitrogens with one attached hydrogen (secondary N) is 1. The molecule has 0 spiro atoms. The van der Waals surface area contributed by atoms with Crippen molar-refractivity contribution in [3.8, 4) is 0 Å². The molecule has 1 heterocycles. The van der Waals surface area contributed by atoms with E-state index in [0.29, 0.717) is 6.07 Å². The zero-order valence-corrected chi connectivity index (χ0v) is 11.8. The first kappa shape index (κ1) is 15.6. The Balaban J connectivity index is 2.40. The van der Waals surface area contributed by atoms with Crippen LogP contribution in [0, 0.1) is 0 Å². The van der Waals surface area contributed by atoms with E-state index in [1.54, 1.807) is 0 Å². The molecule has 0 aliphatic rings. The molecular weight excluding hydrogens is 329 g/mol. The van der Waals surface area contributed by atoms with Crippen LogP contribution < -0.4 is 4.72 Å². The Labute approximate surface area is 123 Å². The summed E-state index contributed by atoms with van der Waals surface area (Å²) in [5.41, 5.74) is -1.37. The molecule has 0 aliphatic heterocycles. The highest BCUT2D eigenvalue weighted by molar-refractivity contribution is 7.92. The van der Waals surface area contributed by atoms with Gasteiger partial charge in [0.05, 0.1) is 16.3 Å². The molecule has 0 saturated heterocycles. The minimum Gasteiger partial charge on any atom is -0.277 e. The van der Waals surface area contributed by atoms with Crippen molar-refractivity contribution in [3.63, 3.8) is 0 Å². The highest BCUT2D eigenvalue weighted by atomic mass is 35.5. The first-order valence-corrected chi connectivity index (χ1v) is 7.37. The molecule has 9 heteroatoms. The summed E-state index contributed by atoms with van der Waals surface area (Å²) in [4.78, 5) is 3.63. The number of pyridine rings is 1. The second kappa shape index (κ2) is 5.53. The van der Waals surface area contributed by atoms with E-state index < -0.39 is 21.8 Å². The Kier molecular flexibility index (Phi) is 4.11. The first-order valence-electron chi connectivity index (χ1n) is 5.51. The van der Waals surface area contributed by atoms with Crippen LogP contribution in [0.3, 0.4) is 0 Å². The van der Waals surface area contributed by atoms with Crippen molar-refractivity contribution >= 4 is 27.3 Å². The fourth-order valence-corrected chi connectivity index (χ4v) is 2.72. The summed E-state index contributed by atoms with van der Waals surface area (Å²) >= 11 is 5.73. The van der Waals surface area contributed by atoms with Gasteiger partial charge in [0.2, 0.25) is 0 Å². The molecule has 1 aromatic heterocycles. The molecule has 1 aromatic carbocycles. The van der Waals surface area contributed by atoms with Gasteiger partial charge in [0, 0.05) is 6.20 Å². The maximum atomic E-state index is 12.6. The van der Waals surface area contributed by atoms with Gasteiger partial charge in [-0.2, -0.15) is 21.6 Å². The van der Waals surface area contributed by atoms with Gasteiger partial charge in [0.25, 0.3) is 10.0 Å². The second-order valence-electron chi connectivity index (χ2n) is 3.97. The summed E-state index contributed by atoms with van der Waals surface area (Å²) in [6.07, 6.45) is -3.35. The molecule has 0 saturated carbocycles. The molecule has 112 valence electrons. The third-order valence-electron chi connectivity index (χ3n) is 2.45. The van der Waals surface area contributed by atoms with E-state index >= 15 is 0 Å². The lowest BCUT2D eigenvalue weighted by atomic mass is 10.2.